The zero-order valence-corrected chi connectivity index (χ0v) is 17.3. The molecule has 29 heavy (non-hydrogen) atoms. The third-order valence-electron chi connectivity index (χ3n) is 4.00. The van der Waals surface area contributed by atoms with Crippen LogP contribution in [0.15, 0.2) is 75.6 Å². The van der Waals surface area contributed by atoms with Gasteiger partial charge < -0.3 is 0 Å². The third-order valence-corrected chi connectivity index (χ3v) is 6.10. The summed E-state index contributed by atoms with van der Waals surface area (Å²) < 4.78 is 29.5. The Kier molecular flexibility index (Phi) is 6.23. The third kappa shape index (κ3) is 4.78. The van der Waals surface area contributed by atoms with E-state index in [0.717, 1.165) is 11.1 Å². The Labute approximate surface area is 174 Å². The van der Waals surface area contributed by atoms with E-state index in [0.29, 0.717) is 21.1 Å². The molecule has 0 aliphatic carbocycles. The van der Waals surface area contributed by atoms with Gasteiger partial charge in [-0.15, -0.1) is 5.92 Å². The standard InChI is InChI=1S/C22H16N2O3S2/c1-3-6-17-9-11-18(12-10-17)29(25,26)27-24-22-14-13-21(28-22)20(15-23)19-8-5-4-7-16(19)2/h4-5,7-14H,1-2H3. The predicted molar refractivity (Wildman–Crippen MR) is 115 cm³/mol. The number of rotatable bonds is 4. The van der Waals surface area contributed by atoms with Gasteiger partial charge in [0, 0.05) is 10.5 Å². The Morgan fingerprint density at radius 1 is 1.10 bits per heavy atom. The average Bonchev–Trinajstić information content (AvgIpc) is 3.18. The fourth-order valence-corrected chi connectivity index (χ4v) is 4.20. The van der Waals surface area contributed by atoms with Gasteiger partial charge in [0.1, 0.15) is 16.0 Å². The topological polar surface area (TPSA) is 79.5 Å². The monoisotopic (exact) mass is 420 g/mol. The van der Waals surface area contributed by atoms with E-state index >= 15 is 0 Å². The normalized spacial score (nSPS) is 16.1. The minimum absolute atomic E-state index is 0.0103. The van der Waals surface area contributed by atoms with Crippen molar-refractivity contribution in [2.75, 3.05) is 0 Å². The highest BCUT2D eigenvalue weighted by atomic mass is 32.2. The Bertz CT molecular complexity index is 1240. The zero-order valence-electron chi connectivity index (χ0n) is 15.7. The summed E-state index contributed by atoms with van der Waals surface area (Å²) in [6, 6.07) is 15.8. The Hall–Kier alpha value is -3.26. The van der Waals surface area contributed by atoms with E-state index in [1.165, 1.54) is 23.9 Å². The van der Waals surface area contributed by atoms with Crippen molar-refractivity contribution >= 4 is 32.5 Å². The predicted octanol–water partition coefficient (Wildman–Crippen LogP) is 4.62. The van der Waals surface area contributed by atoms with Crippen molar-refractivity contribution in [1.29, 1.82) is 5.26 Å². The maximum Gasteiger partial charge on any atom is 0.358 e. The number of aryl methyl sites for hydroxylation is 1. The van der Waals surface area contributed by atoms with Gasteiger partial charge in [-0.2, -0.15) is 13.7 Å². The minimum Gasteiger partial charge on any atom is -0.264 e. The fraction of sp³-hybridized carbons (Fsp3) is 0.0909. The SMILES string of the molecule is CC#Cc1ccc(S(=O)(=O)ON=C2C=CC(=C(C#N)c3ccccc3C)S2)cc1. The van der Waals surface area contributed by atoms with Crippen LogP contribution >= 0.6 is 11.8 Å². The second-order valence-electron chi connectivity index (χ2n) is 5.96. The number of oxime groups is 1. The lowest BCUT2D eigenvalue weighted by Gasteiger charge is -2.06. The van der Waals surface area contributed by atoms with Crippen molar-refractivity contribution in [3.8, 4) is 17.9 Å². The summed E-state index contributed by atoms with van der Waals surface area (Å²) in [5.74, 6) is 5.59. The van der Waals surface area contributed by atoms with Crippen LogP contribution in [0.25, 0.3) is 5.57 Å². The van der Waals surface area contributed by atoms with Crippen LogP contribution in [0.5, 0.6) is 0 Å². The number of nitrogens with zero attached hydrogens (tertiary/aromatic N) is 2. The number of nitriles is 1. The first-order valence-corrected chi connectivity index (χ1v) is 10.8. The lowest BCUT2D eigenvalue weighted by molar-refractivity contribution is 0.340. The summed E-state index contributed by atoms with van der Waals surface area (Å²) in [6.45, 7) is 3.63. The summed E-state index contributed by atoms with van der Waals surface area (Å²) in [5.41, 5.74) is 3.02. The van der Waals surface area contributed by atoms with Crippen molar-refractivity contribution in [2.45, 2.75) is 18.7 Å². The maximum atomic E-state index is 12.3. The molecule has 3 rings (SSSR count). The van der Waals surface area contributed by atoms with E-state index in [1.54, 1.807) is 31.2 Å². The van der Waals surface area contributed by atoms with E-state index < -0.39 is 10.1 Å². The van der Waals surface area contributed by atoms with Crippen molar-refractivity contribution in [1.82, 2.24) is 0 Å². The van der Waals surface area contributed by atoms with Gasteiger partial charge in [-0.25, -0.2) is 0 Å². The van der Waals surface area contributed by atoms with Crippen LogP contribution in [0, 0.1) is 30.1 Å². The van der Waals surface area contributed by atoms with Gasteiger partial charge in [-0.3, -0.25) is 4.28 Å². The van der Waals surface area contributed by atoms with Crippen LogP contribution in [-0.4, -0.2) is 13.5 Å². The average molecular weight is 421 g/mol. The van der Waals surface area contributed by atoms with E-state index in [2.05, 4.69) is 23.1 Å². The number of hydrogen-bond acceptors (Lipinski definition) is 6. The lowest BCUT2D eigenvalue weighted by Crippen LogP contribution is -2.03. The van der Waals surface area contributed by atoms with Crippen molar-refractivity contribution in [2.24, 2.45) is 5.16 Å². The van der Waals surface area contributed by atoms with Crippen LogP contribution in [0.2, 0.25) is 0 Å². The van der Waals surface area contributed by atoms with Gasteiger partial charge >= 0.3 is 10.1 Å². The van der Waals surface area contributed by atoms with E-state index in [1.807, 2.05) is 31.2 Å². The lowest BCUT2D eigenvalue weighted by atomic mass is 10.0. The van der Waals surface area contributed by atoms with Crippen LogP contribution in [-0.2, 0) is 14.4 Å². The highest BCUT2D eigenvalue weighted by Gasteiger charge is 2.19. The summed E-state index contributed by atoms with van der Waals surface area (Å²) in [5, 5.41) is 13.7. The Morgan fingerprint density at radius 2 is 1.83 bits per heavy atom. The van der Waals surface area contributed by atoms with Crippen molar-refractivity contribution in [3.05, 3.63) is 82.3 Å². The smallest absolute Gasteiger partial charge is 0.264 e. The Balaban J connectivity index is 1.79. The second-order valence-corrected chi connectivity index (χ2v) is 8.55. The minimum atomic E-state index is -4.05. The van der Waals surface area contributed by atoms with E-state index in [9.17, 15) is 13.7 Å². The molecule has 144 valence electrons. The first-order valence-electron chi connectivity index (χ1n) is 8.55. The molecule has 0 unspecified atom stereocenters. The molecular formula is C22H16N2O3S2. The van der Waals surface area contributed by atoms with Crippen molar-refractivity contribution < 1.29 is 12.7 Å². The number of hydrogen-bond donors (Lipinski definition) is 0. The van der Waals surface area contributed by atoms with E-state index in [-0.39, 0.29) is 4.90 Å². The molecule has 1 aliphatic rings. The quantitative estimate of drug-likeness (QED) is 0.410. The molecule has 0 bridgehead atoms. The molecule has 0 amide bonds. The highest BCUT2D eigenvalue weighted by Crippen LogP contribution is 2.35. The van der Waals surface area contributed by atoms with Crippen LogP contribution in [0.3, 0.4) is 0 Å². The first kappa shape index (κ1) is 20.5. The van der Waals surface area contributed by atoms with Gasteiger partial charge in [0.05, 0.1) is 5.57 Å². The molecule has 2 aromatic rings. The summed E-state index contributed by atoms with van der Waals surface area (Å²) in [4.78, 5) is 0.674. The fourth-order valence-electron chi connectivity index (χ4n) is 2.59. The van der Waals surface area contributed by atoms with Crippen LogP contribution < -0.4 is 0 Å². The number of benzene rings is 2. The summed E-state index contributed by atoms with van der Waals surface area (Å²) in [6.07, 6.45) is 3.34. The summed E-state index contributed by atoms with van der Waals surface area (Å²) in [7, 11) is -4.05. The largest absolute Gasteiger partial charge is 0.358 e. The van der Waals surface area contributed by atoms with Gasteiger partial charge in [-0.1, -0.05) is 47.1 Å². The molecule has 0 saturated heterocycles. The first-order chi connectivity index (χ1) is 13.9. The molecule has 0 radical (unpaired) electrons. The molecule has 5 nitrogen and oxygen atoms in total. The Morgan fingerprint density at radius 3 is 2.48 bits per heavy atom. The maximum absolute atomic E-state index is 12.3. The zero-order chi connectivity index (χ0) is 20.9. The molecule has 0 saturated carbocycles. The number of allylic oxidation sites excluding steroid dienone is 2. The van der Waals surface area contributed by atoms with Gasteiger partial charge in [-0.05, 0) is 61.4 Å². The molecule has 2 aromatic carbocycles. The molecule has 0 aromatic heterocycles. The van der Waals surface area contributed by atoms with Gasteiger partial charge in [0.15, 0.2) is 0 Å². The van der Waals surface area contributed by atoms with Gasteiger partial charge in [0.25, 0.3) is 0 Å². The van der Waals surface area contributed by atoms with E-state index in [4.69, 9.17) is 4.28 Å². The summed E-state index contributed by atoms with van der Waals surface area (Å²) >= 11 is 1.18. The highest BCUT2D eigenvalue weighted by molar-refractivity contribution is 8.18. The molecule has 0 N–H and O–H groups in total. The molecular weight excluding hydrogens is 404 g/mol. The molecule has 1 heterocycles. The van der Waals surface area contributed by atoms with Crippen molar-refractivity contribution in [3.63, 3.8) is 0 Å². The molecule has 0 atom stereocenters. The molecule has 0 spiro atoms. The molecule has 1 aliphatic heterocycles. The van der Waals surface area contributed by atoms with Crippen LogP contribution in [0.1, 0.15) is 23.6 Å². The molecule has 7 heteroatoms. The molecule has 0 fully saturated rings. The van der Waals surface area contributed by atoms with Crippen LogP contribution in [0.4, 0.5) is 0 Å². The van der Waals surface area contributed by atoms with Gasteiger partial charge in [0.2, 0.25) is 0 Å². The second kappa shape index (κ2) is 8.83. The number of thioether (sulfide) groups is 1.